The van der Waals surface area contributed by atoms with Gasteiger partial charge in [0.25, 0.3) is 5.91 Å². The zero-order chi connectivity index (χ0) is 25.7. The summed E-state index contributed by atoms with van der Waals surface area (Å²) >= 11 is 0. The van der Waals surface area contributed by atoms with Gasteiger partial charge in [-0.2, -0.15) is 10.2 Å². The second-order valence-electron chi connectivity index (χ2n) is 9.08. The third-order valence-electron chi connectivity index (χ3n) is 6.66. The number of amides is 1. The Morgan fingerprint density at radius 1 is 0.868 bits per heavy atom. The van der Waals surface area contributed by atoms with E-state index in [0.29, 0.717) is 5.56 Å². The van der Waals surface area contributed by atoms with E-state index in [1.165, 1.54) is 22.5 Å². The van der Waals surface area contributed by atoms with Crippen LogP contribution in [0.15, 0.2) is 132 Å². The summed E-state index contributed by atoms with van der Waals surface area (Å²) in [7, 11) is 0. The molecule has 1 amide bonds. The molecule has 1 N–H and O–H groups in total. The van der Waals surface area contributed by atoms with Crippen LogP contribution in [0, 0.1) is 0 Å². The maximum absolute atomic E-state index is 12.2. The minimum Gasteiger partial charge on any atom is -0.267 e. The van der Waals surface area contributed by atoms with Crippen molar-refractivity contribution in [2.45, 2.75) is 12.5 Å². The highest BCUT2D eigenvalue weighted by molar-refractivity contribution is 6.04. The van der Waals surface area contributed by atoms with E-state index in [2.05, 4.69) is 87.3 Å². The molecule has 2 heterocycles. The lowest BCUT2D eigenvalue weighted by Gasteiger charge is -2.25. The molecule has 1 aliphatic rings. The van der Waals surface area contributed by atoms with Gasteiger partial charge in [0.1, 0.15) is 0 Å². The molecule has 1 unspecified atom stereocenters. The molecule has 6 nitrogen and oxygen atoms in total. The lowest BCUT2D eigenvalue weighted by molar-refractivity contribution is 0.0955. The Morgan fingerprint density at radius 2 is 1.66 bits per heavy atom. The number of rotatable bonds is 6. The van der Waals surface area contributed by atoms with Crippen LogP contribution >= 0.6 is 0 Å². The first-order valence-corrected chi connectivity index (χ1v) is 12.5. The van der Waals surface area contributed by atoms with Crippen LogP contribution in [-0.4, -0.2) is 22.8 Å². The lowest BCUT2D eigenvalue weighted by atomic mass is 9.94. The van der Waals surface area contributed by atoms with Crippen LogP contribution < -0.4 is 10.4 Å². The molecule has 6 rings (SSSR count). The summed E-state index contributed by atoms with van der Waals surface area (Å²) in [6.07, 6.45) is 5.57. The molecule has 6 heteroatoms. The molecule has 4 aromatic carbocycles. The van der Waals surface area contributed by atoms with E-state index in [4.69, 9.17) is 5.10 Å². The largest absolute Gasteiger partial charge is 0.272 e. The molecule has 0 aliphatic carbocycles. The Kier molecular flexibility index (Phi) is 6.43. The number of benzene rings is 4. The molecular formula is C32H25N5O. The van der Waals surface area contributed by atoms with Gasteiger partial charge in [0.05, 0.1) is 29.2 Å². The summed E-state index contributed by atoms with van der Waals surface area (Å²) in [5, 5.41) is 13.8. The van der Waals surface area contributed by atoms with Crippen LogP contribution in [0.3, 0.4) is 0 Å². The van der Waals surface area contributed by atoms with Gasteiger partial charge in [0.15, 0.2) is 0 Å². The number of aromatic nitrogens is 1. The number of pyridine rings is 1. The summed E-state index contributed by atoms with van der Waals surface area (Å²) in [6, 6.07) is 36.8. The highest BCUT2D eigenvalue weighted by Gasteiger charge is 2.30. The number of hydrogen-bond donors (Lipinski definition) is 1. The van der Waals surface area contributed by atoms with Crippen molar-refractivity contribution in [2.75, 3.05) is 5.01 Å². The molecule has 184 valence electrons. The van der Waals surface area contributed by atoms with Crippen LogP contribution in [0.4, 0.5) is 5.69 Å². The molecule has 1 aliphatic heterocycles. The molecule has 0 fully saturated rings. The third-order valence-corrected chi connectivity index (χ3v) is 6.66. The van der Waals surface area contributed by atoms with Crippen molar-refractivity contribution in [2.24, 2.45) is 10.2 Å². The Hall–Kier alpha value is -5.10. The Labute approximate surface area is 221 Å². The van der Waals surface area contributed by atoms with Crippen molar-refractivity contribution in [1.82, 2.24) is 10.4 Å². The minimum absolute atomic E-state index is 0.0644. The monoisotopic (exact) mass is 495 g/mol. The number of anilines is 1. The maximum atomic E-state index is 12.2. The third kappa shape index (κ3) is 4.80. The van der Waals surface area contributed by atoms with E-state index in [1.807, 2.05) is 30.3 Å². The standard InChI is InChI=1S/C32H25N5O/c38-32(26-12-7-19-33-22-26)35-34-21-23-15-17-27(18-16-23)37-31(20-30(36-37)25-9-2-1-3-10-25)29-14-6-11-24-8-4-5-13-28(24)29/h1-19,21-22,31H,20H2,(H,35,38)/b34-21+. The predicted octanol–water partition coefficient (Wildman–Crippen LogP) is 6.35. The molecule has 1 atom stereocenters. The second kappa shape index (κ2) is 10.5. The van der Waals surface area contributed by atoms with Gasteiger partial charge in [-0.15, -0.1) is 0 Å². The molecule has 0 spiro atoms. The van der Waals surface area contributed by atoms with Crippen molar-refractivity contribution in [3.63, 3.8) is 0 Å². The van der Waals surface area contributed by atoms with E-state index in [0.717, 1.165) is 28.9 Å². The van der Waals surface area contributed by atoms with Gasteiger partial charge >= 0.3 is 0 Å². The van der Waals surface area contributed by atoms with E-state index < -0.39 is 0 Å². The second-order valence-corrected chi connectivity index (χ2v) is 9.08. The minimum atomic E-state index is -0.302. The summed E-state index contributed by atoms with van der Waals surface area (Å²) in [6.45, 7) is 0. The summed E-state index contributed by atoms with van der Waals surface area (Å²) in [5.74, 6) is -0.302. The topological polar surface area (TPSA) is 70.0 Å². The molecule has 38 heavy (non-hydrogen) atoms. The highest BCUT2D eigenvalue weighted by Crippen LogP contribution is 2.39. The van der Waals surface area contributed by atoms with Crippen molar-refractivity contribution < 1.29 is 4.79 Å². The van der Waals surface area contributed by atoms with E-state index in [1.54, 1.807) is 24.5 Å². The Balaban J connectivity index is 1.28. The Bertz CT molecular complexity index is 1620. The molecule has 0 saturated heterocycles. The van der Waals surface area contributed by atoms with Crippen LogP contribution in [0.5, 0.6) is 0 Å². The number of carbonyl (C=O) groups is 1. The smallest absolute Gasteiger partial charge is 0.267 e. The fraction of sp³-hybridized carbons (Fsp3) is 0.0625. The molecule has 5 aromatic rings. The van der Waals surface area contributed by atoms with E-state index in [9.17, 15) is 4.79 Å². The zero-order valence-corrected chi connectivity index (χ0v) is 20.6. The van der Waals surface area contributed by atoms with Crippen LogP contribution in [0.1, 0.15) is 39.5 Å². The van der Waals surface area contributed by atoms with Gasteiger partial charge in [0.2, 0.25) is 0 Å². The van der Waals surface area contributed by atoms with Crippen LogP contribution in [0.2, 0.25) is 0 Å². The predicted molar refractivity (Wildman–Crippen MR) is 153 cm³/mol. The number of hydrazone groups is 2. The summed E-state index contributed by atoms with van der Waals surface area (Å²) in [4.78, 5) is 16.1. The normalized spacial score (nSPS) is 15.1. The van der Waals surface area contributed by atoms with Crippen molar-refractivity contribution in [3.8, 4) is 0 Å². The number of fused-ring (bicyclic) bond motifs is 1. The fourth-order valence-electron chi connectivity index (χ4n) is 4.78. The van der Waals surface area contributed by atoms with Crippen LogP contribution in [-0.2, 0) is 0 Å². The van der Waals surface area contributed by atoms with Gasteiger partial charge in [-0.3, -0.25) is 14.8 Å². The first-order chi connectivity index (χ1) is 18.8. The molecule has 0 bridgehead atoms. The number of hydrogen-bond acceptors (Lipinski definition) is 5. The number of nitrogens with one attached hydrogen (secondary N) is 1. The molecule has 0 radical (unpaired) electrons. The SMILES string of the molecule is O=C(N/N=C/c1ccc(N2N=C(c3ccccc3)CC2c2cccc3ccccc23)cc1)c1cccnc1. The highest BCUT2D eigenvalue weighted by atomic mass is 16.2. The van der Waals surface area contributed by atoms with Crippen molar-refractivity contribution in [1.29, 1.82) is 0 Å². The van der Waals surface area contributed by atoms with Gasteiger partial charge in [0, 0.05) is 18.8 Å². The van der Waals surface area contributed by atoms with Gasteiger partial charge in [-0.25, -0.2) is 5.43 Å². The molecule has 0 saturated carbocycles. The Morgan fingerprint density at radius 3 is 2.47 bits per heavy atom. The molecule has 1 aromatic heterocycles. The molecular weight excluding hydrogens is 470 g/mol. The van der Waals surface area contributed by atoms with Gasteiger partial charge < -0.3 is 0 Å². The van der Waals surface area contributed by atoms with Crippen molar-refractivity contribution in [3.05, 3.63) is 144 Å². The number of carbonyl (C=O) groups excluding carboxylic acids is 1. The average molecular weight is 496 g/mol. The summed E-state index contributed by atoms with van der Waals surface area (Å²) in [5.41, 5.74) is 8.31. The average Bonchev–Trinajstić information content (AvgIpc) is 3.43. The maximum Gasteiger partial charge on any atom is 0.272 e. The number of nitrogens with zero attached hydrogens (tertiary/aromatic N) is 4. The summed E-state index contributed by atoms with van der Waals surface area (Å²) < 4.78 is 0. The van der Waals surface area contributed by atoms with E-state index >= 15 is 0 Å². The van der Waals surface area contributed by atoms with E-state index in [-0.39, 0.29) is 11.9 Å². The zero-order valence-electron chi connectivity index (χ0n) is 20.6. The van der Waals surface area contributed by atoms with Gasteiger partial charge in [-0.1, -0.05) is 84.9 Å². The lowest BCUT2D eigenvalue weighted by Crippen LogP contribution is -2.19. The van der Waals surface area contributed by atoms with Crippen molar-refractivity contribution >= 4 is 34.3 Å². The van der Waals surface area contributed by atoms with Crippen LogP contribution in [0.25, 0.3) is 10.8 Å². The first-order valence-electron chi connectivity index (χ1n) is 12.5. The first kappa shape index (κ1) is 23.3. The van der Waals surface area contributed by atoms with Gasteiger partial charge in [-0.05, 0) is 51.7 Å². The quantitative estimate of drug-likeness (QED) is 0.220. The fourth-order valence-corrected chi connectivity index (χ4v) is 4.78.